The molecule has 1 amide bonds. The van der Waals surface area contributed by atoms with E-state index < -0.39 is 0 Å². The molecule has 0 atom stereocenters. The molecule has 23 heavy (non-hydrogen) atoms. The number of halogens is 2. The Morgan fingerprint density at radius 2 is 2.04 bits per heavy atom. The van der Waals surface area contributed by atoms with Gasteiger partial charge < -0.3 is 10.6 Å². The molecule has 0 saturated carbocycles. The molecule has 1 aliphatic heterocycles. The van der Waals surface area contributed by atoms with Gasteiger partial charge in [0.1, 0.15) is 5.03 Å². The number of nitrogens with one attached hydrogen (secondary N) is 2. The summed E-state index contributed by atoms with van der Waals surface area (Å²) in [5.74, 6) is 0.334. The first-order chi connectivity index (χ1) is 10.7. The maximum atomic E-state index is 12.0. The van der Waals surface area contributed by atoms with E-state index in [1.165, 1.54) is 11.8 Å². The van der Waals surface area contributed by atoms with Crippen molar-refractivity contribution in [3.8, 4) is 0 Å². The van der Waals surface area contributed by atoms with Gasteiger partial charge in [-0.25, -0.2) is 0 Å². The summed E-state index contributed by atoms with van der Waals surface area (Å²) in [4.78, 5) is 12.9. The van der Waals surface area contributed by atoms with Crippen LogP contribution in [0.2, 0.25) is 5.02 Å². The molecule has 1 saturated heterocycles. The van der Waals surface area contributed by atoms with Crippen LogP contribution in [0.4, 0.5) is 0 Å². The minimum atomic E-state index is -0.186. The van der Waals surface area contributed by atoms with Gasteiger partial charge in [0.25, 0.3) is 5.91 Å². The van der Waals surface area contributed by atoms with Crippen LogP contribution in [0.25, 0.3) is 0 Å². The number of benzene rings is 1. The summed E-state index contributed by atoms with van der Waals surface area (Å²) in [5.41, 5.74) is 0.329. The van der Waals surface area contributed by atoms with E-state index in [2.05, 4.69) is 20.8 Å². The Labute approximate surface area is 150 Å². The number of carbonyl (C=O) groups is 1. The van der Waals surface area contributed by atoms with Gasteiger partial charge in [0.05, 0.1) is 5.02 Å². The molecule has 2 aromatic rings. The van der Waals surface area contributed by atoms with Crippen molar-refractivity contribution < 1.29 is 4.79 Å². The van der Waals surface area contributed by atoms with E-state index in [0.717, 1.165) is 18.0 Å². The number of nitrogens with zero attached hydrogens (tertiary/aromatic N) is 2. The summed E-state index contributed by atoms with van der Waals surface area (Å²) >= 11 is 7.53. The fourth-order valence-corrected chi connectivity index (χ4v) is 2.96. The minimum Gasteiger partial charge on any atom is -0.350 e. The molecule has 0 radical (unpaired) electrons. The minimum absolute atomic E-state index is 0. The smallest absolute Gasteiger partial charge is 0.271 e. The van der Waals surface area contributed by atoms with Crippen LogP contribution in [0.1, 0.15) is 10.5 Å². The number of hydrogen-bond acceptors (Lipinski definition) is 5. The molecule has 1 aromatic heterocycles. The molecule has 3 rings (SSSR count). The first kappa shape index (κ1) is 18.0. The number of amides is 1. The molecule has 1 fully saturated rings. The van der Waals surface area contributed by atoms with Gasteiger partial charge >= 0.3 is 0 Å². The summed E-state index contributed by atoms with van der Waals surface area (Å²) < 4.78 is 0. The number of rotatable bonds is 5. The lowest BCUT2D eigenvalue weighted by atomic mass is 10.0. The highest BCUT2D eigenvalue weighted by Gasteiger charge is 2.18. The van der Waals surface area contributed by atoms with E-state index in [-0.39, 0.29) is 18.3 Å². The predicted molar refractivity (Wildman–Crippen MR) is 93.5 cm³/mol. The summed E-state index contributed by atoms with van der Waals surface area (Å²) in [6.07, 6.45) is 0. The van der Waals surface area contributed by atoms with Crippen LogP contribution in [0.15, 0.2) is 46.3 Å². The quantitative estimate of drug-likeness (QED) is 0.846. The van der Waals surface area contributed by atoms with E-state index >= 15 is 0 Å². The summed E-state index contributed by atoms with van der Waals surface area (Å²) in [5, 5.41) is 15.5. The van der Waals surface area contributed by atoms with Crippen molar-refractivity contribution in [1.82, 2.24) is 20.8 Å². The van der Waals surface area contributed by atoms with Gasteiger partial charge in [-0.05, 0) is 24.3 Å². The third kappa shape index (κ3) is 4.81. The third-order valence-corrected chi connectivity index (χ3v) is 4.79. The highest BCUT2D eigenvalue weighted by molar-refractivity contribution is 7.99. The molecule has 5 nitrogen and oxygen atoms in total. The van der Waals surface area contributed by atoms with Crippen molar-refractivity contribution in [2.45, 2.75) is 9.92 Å². The van der Waals surface area contributed by atoms with Gasteiger partial charge in [0.2, 0.25) is 0 Å². The standard InChI is InChI=1S/C15H15ClN4OS.ClH/c16-11-3-1-2-4-13(11)22-14-6-5-12(19-20-14)15(21)18-9-10-7-17-8-10;/h1-6,10,17H,7-9H2,(H,18,21);1H. The van der Waals surface area contributed by atoms with E-state index in [1.807, 2.05) is 24.3 Å². The second-order valence-electron chi connectivity index (χ2n) is 5.02. The first-order valence-electron chi connectivity index (χ1n) is 6.97. The van der Waals surface area contributed by atoms with Crippen LogP contribution in [0.3, 0.4) is 0 Å². The van der Waals surface area contributed by atoms with Crippen LogP contribution in [0.5, 0.6) is 0 Å². The zero-order valence-corrected chi connectivity index (χ0v) is 14.5. The largest absolute Gasteiger partial charge is 0.350 e. The van der Waals surface area contributed by atoms with E-state index in [4.69, 9.17) is 11.6 Å². The molecule has 2 N–H and O–H groups in total. The molecular weight excluding hydrogens is 355 g/mol. The van der Waals surface area contributed by atoms with Crippen LogP contribution in [-0.2, 0) is 0 Å². The Kier molecular flexibility index (Phi) is 6.65. The Hall–Kier alpha value is -1.34. The Morgan fingerprint density at radius 1 is 1.26 bits per heavy atom. The highest BCUT2D eigenvalue weighted by Crippen LogP contribution is 2.31. The fourth-order valence-electron chi connectivity index (χ4n) is 1.96. The van der Waals surface area contributed by atoms with Crippen molar-refractivity contribution >= 4 is 41.7 Å². The van der Waals surface area contributed by atoms with E-state index in [9.17, 15) is 4.79 Å². The second-order valence-corrected chi connectivity index (χ2v) is 6.49. The SMILES string of the molecule is Cl.O=C(NCC1CNC1)c1ccc(Sc2ccccc2Cl)nn1. The van der Waals surface area contributed by atoms with Crippen LogP contribution >= 0.6 is 35.8 Å². The van der Waals surface area contributed by atoms with Crippen molar-refractivity contribution in [3.05, 3.63) is 47.1 Å². The number of aromatic nitrogens is 2. The topological polar surface area (TPSA) is 66.9 Å². The summed E-state index contributed by atoms with van der Waals surface area (Å²) in [6.45, 7) is 2.59. The van der Waals surface area contributed by atoms with Crippen molar-refractivity contribution in [3.63, 3.8) is 0 Å². The van der Waals surface area contributed by atoms with Gasteiger partial charge in [0.15, 0.2) is 5.69 Å². The average Bonchev–Trinajstić information content (AvgIpc) is 2.49. The third-order valence-electron chi connectivity index (χ3n) is 3.34. The molecule has 8 heteroatoms. The van der Waals surface area contributed by atoms with E-state index in [0.29, 0.717) is 28.2 Å². The zero-order valence-electron chi connectivity index (χ0n) is 12.2. The number of carbonyl (C=O) groups excluding carboxylic acids is 1. The Balaban J connectivity index is 0.00000192. The van der Waals surface area contributed by atoms with Crippen molar-refractivity contribution in [1.29, 1.82) is 0 Å². The summed E-state index contributed by atoms with van der Waals surface area (Å²) in [6, 6.07) is 11.0. The fraction of sp³-hybridized carbons (Fsp3) is 0.267. The lowest BCUT2D eigenvalue weighted by Gasteiger charge is -2.26. The molecule has 122 valence electrons. The maximum absolute atomic E-state index is 12.0. The Morgan fingerprint density at radius 3 is 2.65 bits per heavy atom. The van der Waals surface area contributed by atoms with Crippen LogP contribution in [0, 0.1) is 5.92 Å². The monoisotopic (exact) mass is 370 g/mol. The maximum Gasteiger partial charge on any atom is 0.271 e. The zero-order chi connectivity index (χ0) is 15.4. The summed E-state index contributed by atoms with van der Waals surface area (Å²) in [7, 11) is 0. The molecule has 0 aliphatic carbocycles. The highest BCUT2D eigenvalue weighted by atomic mass is 35.5. The molecule has 0 bridgehead atoms. The van der Waals surface area contributed by atoms with Crippen molar-refractivity contribution in [2.24, 2.45) is 5.92 Å². The van der Waals surface area contributed by atoms with Gasteiger partial charge in [-0.15, -0.1) is 22.6 Å². The normalized spacial score (nSPS) is 13.8. The lowest BCUT2D eigenvalue weighted by molar-refractivity contribution is 0.0936. The van der Waals surface area contributed by atoms with Gasteiger partial charge in [-0.1, -0.05) is 35.5 Å². The molecule has 1 aliphatic rings. The second kappa shape index (κ2) is 8.49. The van der Waals surface area contributed by atoms with Crippen molar-refractivity contribution in [2.75, 3.05) is 19.6 Å². The molecule has 0 spiro atoms. The average molecular weight is 371 g/mol. The van der Waals surface area contributed by atoms with Gasteiger partial charge in [0, 0.05) is 30.4 Å². The van der Waals surface area contributed by atoms with Crippen LogP contribution < -0.4 is 10.6 Å². The van der Waals surface area contributed by atoms with E-state index in [1.54, 1.807) is 12.1 Å². The molecule has 2 heterocycles. The molecule has 0 unspecified atom stereocenters. The predicted octanol–water partition coefficient (Wildman–Crippen LogP) is 2.65. The van der Waals surface area contributed by atoms with Gasteiger partial charge in [-0.3, -0.25) is 4.79 Å². The Bertz CT molecular complexity index is 665. The number of hydrogen-bond donors (Lipinski definition) is 2. The first-order valence-corrected chi connectivity index (χ1v) is 8.17. The molecule has 1 aromatic carbocycles. The lowest BCUT2D eigenvalue weighted by Crippen LogP contribution is -2.48. The van der Waals surface area contributed by atoms with Gasteiger partial charge in [-0.2, -0.15) is 0 Å². The molecular formula is C15H16Cl2N4OS. The van der Waals surface area contributed by atoms with Crippen LogP contribution in [-0.4, -0.2) is 35.7 Å².